The van der Waals surface area contributed by atoms with Crippen LogP contribution in [0.15, 0.2) is 23.4 Å². The molecule has 1 aliphatic carbocycles. The Morgan fingerprint density at radius 2 is 2.08 bits per heavy atom. The van der Waals surface area contributed by atoms with Crippen LogP contribution < -0.4 is 5.32 Å². The third-order valence-corrected chi connectivity index (χ3v) is 6.27. The number of hydrogen-bond acceptors (Lipinski definition) is 3. The largest absolute Gasteiger partial charge is 0.325 e. The lowest BCUT2D eigenvalue weighted by Crippen LogP contribution is -2.23. The van der Waals surface area contributed by atoms with Gasteiger partial charge in [0.05, 0.1) is 10.9 Å². The lowest BCUT2D eigenvalue weighted by Gasteiger charge is -2.14. The number of thioether (sulfide) groups is 1. The summed E-state index contributed by atoms with van der Waals surface area (Å²) in [5, 5.41) is 3.84. The first-order chi connectivity index (χ1) is 12.5. The summed E-state index contributed by atoms with van der Waals surface area (Å²) in [7, 11) is 0. The lowest BCUT2D eigenvalue weighted by atomic mass is 10.1. The van der Waals surface area contributed by atoms with Crippen LogP contribution in [0, 0.1) is 13.8 Å². The standard InChI is InChI=1S/C21H29N3OS/c1-5-6-12-24-15(3)14(2)22-21(24)26-16(4)20(25)23-19-11-10-17-8-7-9-18(17)13-19/h10-11,13,16H,5-9,12H2,1-4H3,(H,23,25). The Labute approximate surface area is 160 Å². The van der Waals surface area contributed by atoms with E-state index in [9.17, 15) is 4.79 Å². The Hall–Kier alpha value is -1.75. The fourth-order valence-corrected chi connectivity index (χ4v) is 4.43. The quantitative estimate of drug-likeness (QED) is 0.704. The molecule has 5 heteroatoms. The van der Waals surface area contributed by atoms with Crippen molar-refractivity contribution >= 4 is 23.4 Å². The number of fused-ring (bicyclic) bond motifs is 1. The predicted molar refractivity (Wildman–Crippen MR) is 109 cm³/mol. The Morgan fingerprint density at radius 1 is 1.31 bits per heavy atom. The fraction of sp³-hybridized carbons (Fsp3) is 0.524. The second-order valence-electron chi connectivity index (χ2n) is 7.16. The predicted octanol–water partition coefficient (Wildman–Crippen LogP) is 4.91. The van der Waals surface area contributed by atoms with Gasteiger partial charge in [-0.2, -0.15) is 0 Å². The van der Waals surface area contributed by atoms with Gasteiger partial charge in [-0.05, 0) is 69.7 Å². The van der Waals surface area contributed by atoms with Gasteiger partial charge in [-0.25, -0.2) is 4.98 Å². The number of rotatable bonds is 7. The van der Waals surface area contributed by atoms with Gasteiger partial charge in [-0.3, -0.25) is 4.79 Å². The molecule has 0 radical (unpaired) electrons. The second kappa shape index (κ2) is 8.30. The summed E-state index contributed by atoms with van der Waals surface area (Å²) >= 11 is 1.55. The van der Waals surface area contributed by atoms with Crippen molar-refractivity contribution in [1.29, 1.82) is 0 Å². The number of carbonyl (C=O) groups excluding carboxylic acids is 1. The third-order valence-electron chi connectivity index (χ3n) is 5.18. The van der Waals surface area contributed by atoms with Gasteiger partial charge in [-0.1, -0.05) is 31.2 Å². The molecule has 26 heavy (non-hydrogen) atoms. The van der Waals surface area contributed by atoms with E-state index in [0.29, 0.717) is 0 Å². The number of benzene rings is 1. The lowest BCUT2D eigenvalue weighted by molar-refractivity contribution is -0.115. The van der Waals surface area contributed by atoms with Crippen LogP contribution in [0.1, 0.15) is 55.6 Å². The molecule has 1 amide bonds. The van der Waals surface area contributed by atoms with Crippen molar-refractivity contribution in [3.8, 4) is 0 Å². The van der Waals surface area contributed by atoms with E-state index in [-0.39, 0.29) is 11.2 Å². The van der Waals surface area contributed by atoms with Crippen molar-refractivity contribution in [2.45, 2.75) is 76.8 Å². The van der Waals surface area contributed by atoms with E-state index in [1.54, 1.807) is 11.8 Å². The summed E-state index contributed by atoms with van der Waals surface area (Å²) in [6, 6.07) is 6.31. The summed E-state index contributed by atoms with van der Waals surface area (Å²) in [5.74, 6) is 0.0355. The molecule has 1 N–H and O–H groups in total. The summed E-state index contributed by atoms with van der Waals surface area (Å²) in [5.41, 5.74) is 5.96. The van der Waals surface area contributed by atoms with E-state index >= 15 is 0 Å². The van der Waals surface area contributed by atoms with Crippen molar-refractivity contribution < 1.29 is 4.79 Å². The number of carbonyl (C=O) groups is 1. The Kier molecular flexibility index (Phi) is 6.07. The van der Waals surface area contributed by atoms with Gasteiger partial charge in [0.15, 0.2) is 5.16 Å². The number of imidazole rings is 1. The molecule has 0 saturated carbocycles. The number of aromatic nitrogens is 2. The maximum atomic E-state index is 12.7. The summed E-state index contributed by atoms with van der Waals surface area (Å²) in [6.45, 7) is 9.26. The molecule has 1 heterocycles. The molecule has 0 bridgehead atoms. The van der Waals surface area contributed by atoms with E-state index in [1.807, 2.05) is 19.9 Å². The van der Waals surface area contributed by atoms with E-state index in [1.165, 1.54) is 23.2 Å². The van der Waals surface area contributed by atoms with Gasteiger partial charge in [0.25, 0.3) is 0 Å². The highest BCUT2D eigenvalue weighted by Gasteiger charge is 2.20. The highest BCUT2D eigenvalue weighted by atomic mass is 32.2. The van der Waals surface area contributed by atoms with Gasteiger partial charge in [-0.15, -0.1) is 0 Å². The van der Waals surface area contributed by atoms with E-state index in [2.05, 4.69) is 40.8 Å². The molecule has 1 unspecified atom stereocenters. The maximum absolute atomic E-state index is 12.7. The summed E-state index contributed by atoms with van der Waals surface area (Å²) in [4.78, 5) is 17.4. The minimum atomic E-state index is -0.190. The topological polar surface area (TPSA) is 46.9 Å². The Morgan fingerprint density at radius 3 is 2.85 bits per heavy atom. The molecule has 3 rings (SSSR count). The summed E-state index contributed by atoms with van der Waals surface area (Å²) < 4.78 is 2.25. The van der Waals surface area contributed by atoms with Crippen LogP contribution in [0.25, 0.3) is 0 Å². The highest BCUT2D eigenvalue weighted by molar-refractivity contribution is 8.00. The van der Waals surface area contributed by atoms with Crippen molar-refractivity contribution in [2.75, 3.05) is 5.32 Å². The number of amides is 1. The highest BCUT2D eigenvalue weighted by Crippen LogP contribution is 2.28. The van der Waals surface area contributed by atoms with E-state index < -0.39 is 0 Å². The SMILES string of the molecule is CCCCn1c(SC(C)C(=O)Nc2ccc3c(c2)CCC3)nc(C)c1C. The smallest absolute Gasteiger partial charge is 0.237 e. The first kappa shape index (κ1) is 19.0. The first-order valence-electron chi connectivity index (χ1n) is 9.62. The zero-order valence-corrected chi connectivity index (χ0v) is 17.1. The molecule has 140 valence electrons. The van der Waals surface area contributed by atoms with Gasteiger partial charge < -0.3 is 9.88 Å². The molecule has 4 nitrogen and oxygen atoms in total. The van der Waals surface area contributed by atoms with Crippen molar-refractivity contribution in [1.82, 2.24) is 9.55 Å². The summed E-state index contributed by atoms with van der Waals surface area (Å²) in [6.07, 6.45) is 5.78. The first-order valence-corrected chi connectivity index (χ1v) is 10.5. The molecule has 0 aliphatic heterocycles. The van der Waals surface area contributed by atoms with Crippen LogP contribution in [0.5, 0.6) is 0 Å². The number of hydrogen-bond donors (Lipinski definition) is 1. The van der Waals surface area contributed by atoms with E-state index in [0.717, 1.165) is 48.8 Å². The number of unbranched alkanes of at least 4 members (excludes halogenated alkanes) is 1. The molecule has 2 aromatic rings. The van der Waals surface area contributed by atoms with Crippen LogP contribution >= 0.6 is 11.8 Å². The molecule has 1 aromatic carbocycles. The molecule has 0 fully saturated rings. The van der Waals surface area contributed by atoms with Gasteiger partial charge in [0.1, 0.15) is 0 Å². The van der Waals surface area contributed by atoms with Gasteiger partial charge >= 0.3 is 0 Å². The van der Waals surface area contributed by atoms with Crippen LogP contribution in [-0.2, 0) is 24.2 Å². The molecule has 0 spiro atoms. The zero-order valence-electron chi connectivity index (χ0n) is 16.3. The van der Waals surface area contributed by atoms with Crippen molar-refractivity contribution in [3.05, 3.63) is 40.7 Å². The minimum absolute atomic E-state index is 0.0355. The Bertz CT molecular complexity index is 797. The molecule has 1 aliphatic rings. The monoisotopic (exact) mass is 371 g/mol. The normalized spacial score (nSPS) is 14.3. The maximum Gasteiger partial charge on any atom is 0.237 e. The van der Waals surface area contributed by atoms with Gasteiger partial charge in [0.2, 0.25) is 5.91 Å². The number of aryl methyl sites for hydroxylation is 3. The van der Waals surface area contributed by atoms with Crippen LogP contribution in [-0.4, -0.2) is 20.7 Å². The van der Waals surface area contributed by atoms with Gasteiger partial charge in [0, 0.05) is 17.9 Å². The molecule has 0 saturated heterocycles. The average Bonchev–Trinajstić information content (AvgIpc) is 3.18. The van der Waals surface area contributed by atoms with Crippen molar-refractivity contribution in [2.24, 2.45) is 0 Å². The van der Waals surface area contributed by atoms with Crippen LogP contribution in [0.4, 0.5) is 5.69 Å². The van der Waals surface area contributed by atoms with E-state index in [4.69, 9.17) is 0 Å². The molecule has 1 atom stereocenters. The molecular formula is C21H29N3OS. The second-order valence-corrected chi connectivity index (χ2v) is 8.46. The van der Waals surface area contributed by atoms with Crippen molar-refractivity contribution in [3.63, 3.8) is 0 Å². The fourth-order valence-electron chi connectivity index (χ4n) is 3.40. The average molecular weight is 372 g/mol. The Balaban J connectivity index is 1.67. The number of anilines is 1. The van der Waals surface area contributed by atoms with Crippen LogP contribution in [0.2, 0.25) is 0 Å². The molecule has 1 aromatic heterocycles. The minimum Gasteiger partial charge on any atom is -0.325 e. The molecular weight excluding hydrogens is 342 g/mol. The third kappa shape index (κ3) is 4.14. The van der Waals surface area contributed by atoms with Crippen LogP contribution in [0.3, 0.4) is 0 Å². The number of nitrogens with one attached hydrogen (secondary N) is 1. The number of nitrogens with zero attached hydrogens (tertiary/aromatic N) is 2. The zero-order chi connectivity index (χ0) is 18.7.